The van der Waals surface area contributed by atoms with Crippen LogP contribution in [0.1, 0.15) is 33.4 Å². The Balaban J connectivity index is 2.14. The van der Waals surface area contributed by atoms with Gasteiger partial charge in [0.05, 0.1) is 16.8 Å². The zero-order valence-electron chi connectivity index (χ0n) is 12.1. The van der Waals surface area contributed by atoms with Crippen molar-refractivity contribution in [1.29, 1.82) is 0 Å². The summed E-state index contributed by atoms with van der Waals surface area (Å²) < 4.78 is 0. The van der Waals surface area contributed by atoms with Crippen LogP contribution < -0.4 is 5.32 Å². The van der Waals surface area contributed by atoms with Crippen molar-refractivity contribution in [2.24, 2.45) is 0 Å². The highest BCUT2D eigenvalue weighted by molar-refractivity contribution is 5.78. The maximum atomic E-state index is 10.1. The van der Waals surface area contributed by atoms with Crippen LogP contribution in [0.2, 0.25) is 0 Å². The number of aliphatic hydroxyl groups is 1. The van der Waals surface area contributed by atoms with Gasteiger partial charge in [0.25, 0.3) is 0 Å². The number of hydrogen-bond acceptors (Lipinski definition) is 3. The van der Waals surface area contributed by atoms with Crippen molar-refractivity contribution in [2.45, 2.75) is 45.4 Å². The average molecular weight is 258 g/mol. The molecule has 102 valence electrons. The van der Waals surface area contributed by atoms with E-state index in [0.29, 0.717) is 6.54 Å². The molecule has 0 aliphatic carbocycles. The molecule has 0 fully saturated rings. The maximum Gasteiger partial charge on any atom is 0.0767 e. The summed E-state index contributed by atoms with van der Waals surface area (Å²) in [7, 11) is 0. The first-order valence-corrected chi connectivity index (χ1v) is 6.62. The fraction of sp³-hybridized carbons (Fsp3) is 0.438. The molecular formula is C16H22N2O. The van der Waals surface area contributed by atoms with Crippen LogP contribution in [0.25, 0.3) is 10.9 Å². The molecule has 0 unspecified atom stereocenters. The van der Waals surface area contributed by atoms with Crippen LogP contribution in [-0.2, 0) is 6.54 Å². The third kappa shape index (κ3) is 3.11. The summed E-state index contributed by atoms with van der Waals surface area (Å²) in [6.07, 6.45) is 0. The van der Waals surface area contributed by atoms with Crippen LogP contribution in [0, 0.1) is 0 Å². The summed E-state index contributed by atoms with van der Waals surface area (Å²) in [5.74, 6) is 0. The zero-order chi connectivity index (χ0) is 14.1. The van der Waals surface area contributed by atoms with E-state index < -0.39 is 5.60 Å². The van der Waals surface area contributed by atoms with Gasteiger partial charge < -0.3 is 10.4 Å². The normalized spacial score (nSPS) is 12.9. The molecule has 0 amide bonds. The van der Waals surface area contributed by atoms with Gasteiger partial charge in [0.15, 0.2) is 0 Å². The minimum Gasteiger partial charge on any atom is -0.389 e. The van der Waals surface area contributed by atoms with Crippen molar-refractivity contribution >= 4 is 10.9 Å². The summed E-state index contributed by atoms with van der Waals surface area (Å²) in [6, 6.07) is 12.2. The molecule has 3 nitrogen and oxygen atoms in total. The first-order valence-electron chi connectivity index (χ1n) is 6.62. The maximum absolute atomic E-state index is 10.1. The van der Waals surface area contributed by atoms with Gasteiger partial charge in [-0.05, 0) is 39.8 Å². The number of aromatic nitrogens is 1. The van der Waals surface area contributed by atoms with E-state index in [9.17, 15) is 5.11 Å². The molecule has 2 N–H and O–H groups in total. The number of pyridine rings is 1. The lowest BCUT2D eigenvalue weighted by Crippen LogP contribution is -2.55. The van der Waals surface area contributed by atoms with Gasteiger partial charge in [-0.15, -0.1) is 0 Å². The smallest absolute Gasteiger partial charge is 0.0767 e. The van der Waals surface area contributed by atoms with Crippen molar-refractivity contribution in [3.63, 3.8) is 0 Å². The van der Waals surface area contributed by atoms with Gasteiger partial charge >= 0.3 is 0 Å². The van der Waals surface area contributed by atoms with Gasteiger partial charge in [-0.2, -0.15) is 0 Å². The van der Waals surface area contributed by atoms with Gasteiger partial charge in [0.2, 0.25) is 0 Å². The van der Waals surface area contributed by atoms with Crippen molar-refractivity contribution in [3.8, 4) is 0 Å². The second-order valence-electron chi connectivity index (χ2n) is 6.03. The number of rotatable bonds is 4. The van der Waals surface area contributed by atoms with E-state index in [4.69, 9.17) is 0 Å². The Labute approximate surface area is 114 Å². The van der Waals surface area contributed by atoms with Gasteiger partial charge in [0, 0.05) is 17.5 Å². The Kier molecular flexibility index (Phi) is 3.61. The van der Waals surface area contributed by atoms with Gasteiger partial charge in [-0.3, -0.25) is 4.98 Å². The Bertz CT molecular complexity index is 570. The molecule has 1 aromatic heterocycles. The van der Waals surface area contributed by atoms with Crippen molar-refractivity contribution in [3.05, 3.63) is 42.1 Å². The first kappa shape index (κ1) is 14.0. The third-order valence-electron chi connectivity index (χ3n) is 3.90. The molecule has 0 aliphatic heterocycles. The summed E-state index contributed by atoms with van der Waals surface area (Å²) in [6.45, 7) is 8.26. The highest BCUT2D eigenvalue weighted by atomic mass is 16.3. The van der Waals surface area contributed by atoms with Crippen LogP contribution in [0.3, 0.4) is 0 Å². The number of para-hydroxylation sites is 1. The van der Waals surface area contributed by atoms with Crippen LogP contribution in [0.4, 0.5) is 0 Å². The largest absolute Gasteiger partial charge is 0.389 e. The fourth-order valence-electron chi connectivity index (χ4n) is 1.73. The topological polar surface area (TPSA) is 45.1 Å². The average Bonchev–Trinajstić information content (AvgIpc) is 2.35. The highest BCUT2D eigenvalue weighted by Crippen LogP contribution is 2.21. The molecule has 19 heavy (non-hydrogen) atoms. The van der Waals surface area contributed by atoms with Gasteiger partial charge in [0.1, 0.15) is 0 Å². The molecule has 0 saturated heterocycles. The van der Waals surface area contributed by atoms with Crippen molar-refractivity contribution in [2.75, 3.05) is 0 Å². The summed E-state index contributed by atoms with van der Waals surface area (Å²) >= 11 is 0. The minimum atomic E-state index is -0.788. The molecule has 2 aromatic rings. The molecule has 0 saturated carbocycles. The number of hydrogen-bond donors (Lipinski definition) is 2. The minimum absolute atomic E-state index is 0.375. The second kappa shape index (κ2) is 4.91. The lowest BCUT2D eigenvalue weighted by Gasteiger charge is -2.38. The number of benzene rings is 1. The Morgan fingerprint density at radius 2 is 1.74 bits per heavy atom. The first-order chi connectivity index (χ1) is 8.79. The van der Waals surface area contributed by atoms with E-state index >= 15 is 0 Å². The number of nitrogens with zero attached hydrogens (tertiary/aromatic N) is 1. The highest BCUT2D eigenvalue weighted by Gasteiger charge is 2.34. The molecule has 0 radical (unpaired) electrons. The molecular weight excluding hydrogens is 236 g/mol. The third-order valence-corrected chi connectivity index (χ3v) is 3.90. The van der Waals surface area contributed by atoms with E-state index in [2.05, 4.69) is 22.4 Å². The predicted molar refractivity (Wildman–Crippen MR) is 79.0 cm³/mol. The van der Waals surface area contributed by atoms with E-state index in [-0.39, 0.29) is 5.54 Å². The molecule has 3 heteroatoms. The SMILES string of the molecule is CC(C)(O)C(C)(C)NCc1ccc2ccccc2n1. The number of nitrogens with one attached hydrogen (secondary N) is 1. The summed E-state index contributed by atoms with van der Waals surface area (Å²) in [5.41, 5.74) is 0.823. The summed E-state index contributed by atoms with van der Waals surface area (Å²) in [5, 5.41) is 14.6. The number of fused-ring (bicyclic) bond motifs is 1. The molecule has 2 rings (SSSR count). The lowest BCUT2D eigenvalue weighted by molar-refractivity contribution is -0.00544. The van der Waals surface area contributed by atoms with Crippen LogP contribution in [-0.4, -0.2) is 21.2 Å². The predicted octanol–water partition coefficient (Wildman–Crippen LogP) is 2.87. The molecule has 0 aliphatic rings. The second-order valence-corrected chi connectivity index (χ2v) is 6.03. The fourth-order valence-corrected chi connectivity index (χ4v) is 1.73. The molecule has 0 atom stereocenters. The summed E-state index contributed by atoms with van der Waals surface area (Å²) in [4.78, 5) is 4.62. The zero-order valence-corrected chi connectivity index (χ0v) is 12.1. The van der Waals surface area contributed by atoms with E-state index in [0.717, 1.165) is 16.6 Å². The van der Waals surface area contributed by atoms with Gasteiger partial charge in [-0.25, -0.2) is 0 Å². The van der Waals surface area contributed by atoms with E-state index in [1.54, 1.807) is 0 Å². The Hall–Kier alpha value is -1.45. The standard InChI is InChI=1S/C16H22N2O/c1-15(2,16(3,4)19)17-11-13-10-9-12-7-5-6-8-14(12)18-13/h5-10,17,19H,11H2,1-4H3. The van der Waals surface area contributed by atoms with Crippen LogP contribution in [0.15, 0.2) is 36.4 Å². The Morgan fingerprint density at radius 3 is 2.42 bits per heavy atom. The molecule has 0 bridgehead atoms. The molecule has 0 spiro atoms. The monoisotopic (exact) mass is 258 g/mol. The van der Waals surface area contributed by atoms with E-state index in [1.165, 1.54) is 0 Å². The van der Waals surface area contributed by atoms with Crippen molar-refractivity contribution < 1.29 is 5.11 Å². The van der Waals surface area contributed by atoms with Gasteiger partial charge in [-0.1, -0.05) is 24.3 Å². The lowest BCUT2D eigenvalue weighted by atomic mass is 9.86. The van der Waals surface area contributed by atoms with Crippen LogP contribution in [0.5, 0.6) is 0 Å². The van der Waals surface area contributed by atoms with Crippen LogP contribution >= 0.6 is 0 Å². The van der Waals surface area contributed by atoms with Crippen molar-refractivity contribution in [1.82, 2.24) is 10.3 Å². The molecule has 1 aromatic carbocycles. The van der Waals surface area contributed by atoms with E-state index in [1.807, 2.05) is 52.0 Å². The Morgan fingerprint density at radius 1 is 1.05 bits per heavy atom. The molecule has 1 heterocycles. The quantitative estimate of drug-likeness (QED) is 0.886.